The molecule has 3 heteroatoms. The van der Waals surface area contributed by atoms with E-state index in [1.807, 2.05) is 0 Å². The van der Waals surface area contributed by atoms with Crippen molar-refractivity contribution in [1.82, 2.24) is 4.98 Å². The molecule has 46 valence electrons. The van der Waals surface area contributed by atoms with Crippen LogP contribution in [0.15, 0.2) is 12.1 Å². The maximum Gasteiger partial charge on any atom is 0.166 e. The van der Waals surface area contributed by atoms with Crippen LogP contribution >= 0.6 is 0 Å². The Morgan fingerprint density at radius 3 is 1.78 bits per heavy atom. The van der Waals surface area contributed by atoms with Crippen LogP contribution in [0.25, 0.3) is 0 Å². The van der Waals surface area contributed by atoms with Crippen molar-refractivity contribution in [2.75, 3.05) is 0 Å². The van der Waals surface area contributed by atoms with Crippen LogP contribution in [0.4, 0.5) is 0 Å². The van der Waals surface area contributed by atoms with Gasteiger partial charge < -0.3 is 4.98 Å². The van der Waals surface area contributed by atoms with Crippen molar-refractivity contribution in [2.45, 2.75) is 0 Å². The smallest absolute Gasteiger partial charge is 0.166 e. The van der Waals surface area contributed by atoms with Crippen molar-refractivity contribution >= 4 is 12.6 Å². The summed E-state index contributed by atoms with van der Waals surface area (Å²) in [5, 5.41) is 0. The minimum absolute atomic E-state index is 0.428. The number of aromatic nitrogens is 1. The third kappa shape index (κ3) is 1.05. The Kier molecular flexibility index (Phi) is 1.44. The average molecular weight is 123 g/mol. The molecule has 0 saturated carbocycles. The second kappa shape index (κ2) is 2.26. The molecule has 3 nitrogen and oxygen atoms in total. The third-order valence-corrected chi connectivity index (χ3v) is 0.985. The number of hydrogen-bond donors (Lipinski definition) is 1. The van der Waals surface area contributed by atoms with Gasteiger partial charge in [0.1, 0.15) is 0 Å². The molecular weight excluding hydrogens is 118 g/mol. The van der Waals surface area contributed by atoms with Crippen molar-refractivity contribution in [1.29, 1.82) is 0 Å². The van der Waals surface area contributed by atoms with Gasteiger partial charge in [-0.15, -0.1) is 0 Å². The fourth-order valence-electron chi connectivity index (χ4n) is 0.567. The molecule has 0 unspecified atom stereocenters. The van der Waals surface area contributed by atoms with Crippen LogP contribution in [0.2, 0.25) is 0 Å². The first kappa shape index (κ1) is 5.75. The zero-order valence-corrected chi connectivity index (χ0v) is 4.63. The molecule has 1 aromatic rings. The van der Waals surface area contributed by atoms with Gasteiger partial charge in [-0.25, -0.2) is 0 Å². The van der Waals surface area contributed by atoms with Crippen LogP contribution in [0.3, 0.4) is 0 Å². The number of rotatable bonds is 2. The zero-order valence-electron chi connectivity index (χ0n) is 4.63. The number of hydrogen-bond acceptors (Lipinski definition) is 2. The van der Waals surface area contributed by atoms with Gasteiger partial charge in [-0.2, -0.15) is 0 Å². The number of carbonyl (C=O) groups excluding carboxylic acids is 2. The van der Waals surface area contributed by atoms with Crippen molar-refractivity contribution in [3.8, 4) is 0 Å². The molecule has 0 atom stereocenters. The molecule has 0 fully saturated rings. The summed E-state index contributed by atoms with van der Waals surface area (Å²) in [4.78, 5) is 22.6. The molecule has 0 aliphatic heterocycles. The molecule has 0 amide bonds. The lowest BCUT2D eigenvalue weighted by molar-refractivity contribution is 0.111. The van der Waals surface area contributed by atoms with E-state index in [1.165, 1.54) is 0 Å². The minimum atomic E-state index is 0.428. The Bertz CT molecular complexity index is 204. The fourth-order valence-corrected chi connectivity index (χ4v) is 0.567. The molecule has 1 N–H and O–H groups in total. The van der Waals surface area contributed by atoms with Crippen molar-refractivity contribution < 1.29 is 9.59 Å². The van der Waals surface area contributed by atoms with Gasteiger partial charge in [0.2, 0.25) is 0 Å². The molecule has 0 aliphatic rings. The van der Waals surface area contributed by atoms with Crippen molar-refractivity contribution in [3.05, 3.63) is 23.5 Å². The third-order valence-electron chi connectivity index (χ3n) is 0.985. The van der Waals surface area contributed by atoms with Crippen molar-refractivity contribution in [2.24, 2.45) is 0 Å². The predicted molar refractivity (Wildman–Crippen MR) is 31.6 cm³/mol. The number of nitrogens with one attached hydrogen (secondary N) is 1. The highest BCUT2D eigenvalue weighted by atomic mass is 16.1. The molecule has 0 bridgehead atoms. The summed E-state index contributed by atoms with van der Waals surface area (Å²) in [5.41, 5.74) is 0.856. The normalized spacial score (nSPS) is 8.89. The number of aromatic amines is 1. The highest BCUT2D eigenvalue weighted by molar-refractivity contribution is 5.78. The molecule has 1 heterocycles. The quantitative estimate of drug-likeness (QED) is 0.586. The summed E-state index contributed by atoms with van der Waals surface area (Å²) in [6, 6.07) is 3.10. The van der Waals surface area contributed by atoms with E-state index in [0.29, 0.717) is 24.0 Å². The van der Waals surface area contributed by atoms with Crippen LogP contribution in [0, 0.1) is 0 Å². The Hall–Kier alpha value is -1.38. The van der Waals surface area contributed by atoms with Gasteiger partial charge in [-0.1, -0.05) is 0 Å². The lowest BCUT2D eigenvalue weighted by Gasteiger charge is -1.76. The standard InChI is InChI=1S/C6H5NO2/c8-3-5-1-2-6(4-9)7-5/h1-4,7H. The van der Waals surface area contributed by atoms with Gasteiger partial charge in [0, 0.05) is 0 Å². The van der Waals surface area contributed by atoms with E-state index in [-0.39, 0.29) is 0 Å². The zero-order chi connectivity index (χ0) is 6.69. The maximum atomic E-state index is 9.99. The first-order valence-electron chi connectivity index (χ1n) is 2.46. The summed E-state index contributed by atoms with van der Waals surface area (Å²) < 4.78 is 0. The Morgan fingerprint density at radius 1 is 1.11 bits per heavy atom. The highest BCUT2D eigenvalue weighted by Crippen LogP contribution is 1.94. The molecule has 0 aromatic carbocycles. The molecule has 0 spiro atoms. The summed E-state index contributed by atoms with van der Waals surface area (Å²) in [7, 11) is 0. The number of aldehydes is 2. The highest BCUT2D eigenvalue weighted by Gasteiger charge is 1.92. The Morgan fingerprint density at radius 2 is 1.56 bits per heavy atom. The fraction of sp³-hybridized carbons (Fsp3) is 0. The number of H-pyrrole nitrogens is 1. The molecule has 0 radical (unpaired) electrons. The van der Waals surface area contributed by atoms with E-state index < -0.39 is 0 Å². The second-order valence-electron chi connectivity index (χ2n) is 1.60. The van der Waals surface area contributed by atoms with Gasteiger partial charge >= 0.3 is 0 Å². The maximum absolute atomic E-state index is 9.99. The van der Waals surface area contributed by atoms with E-state index in [2.05, 4.69) is 4.98 Å². The van der Waals surface area contributed by atoms with Gasteiger partial charge in [-0.05, 0) is 12.1 Å². The summed E-state index contributed by atoms with van der Waals surface area (Å²) in [5.74, 6) is 0. The van der Waals surface area contributed by atoms with Gasteiger partial charge in [0.25, 0.3) is 0 Å². The first-order valence-corrected chi connectivity index (χ1v) is 2.46. The summed E-state index contributed by atoms with van der Waals surface area (Å²) in [6.45, 7) is 0. The molecule has 0 saturated heterocycles. The first-order chi connectivity index (χ1) is 4.36. The van der Waals surface area contributed by atoms with Crippen LogP contribution in [0.5, 0.6) is 0 Å². The minimum Gasteiger partial charge on any atom is -0.350 e. The van der Waals surface area contributed by atoms with Crippen LogP contribution in [-0.4, -0.2) is 17.6 Å². The van der Waals surface area contributed by atoms with E-state index in [1.54, 1.807) is 12.1 Å². The lowest BCUT2D eigenvalue weighted by Crippen LogP contribution is -1.80. The van der Waals surface area contributed by atoms with Gasteiger partial charge in [-0.3, -0.25) is 9.59 Å². The monoisotopic (exact) mass is 123 g/mol. The number of carbonyl (C=O) groups is 2. The molecule has 1 rings (SSSR count). The Labute approximate surface area is 51.7 Å². The Balaban J connectivity index is 2.98. The second-order valence-corrected chi connectivity index (χ2v) is 1.60. The van der Waals surface area contributed by atoms with E-state index in [9.17, 15) is 9.59 Å². The molecular formula is C6H5NO2. The molecule has 1 aromatic heterocycles. The van der Waals surface area contributed by atoms with Gasteiger partial charge in [0.05, 0.1) is 11.4 Å². The van der Waals surface area contributed by atoms with Crippen LogP contribution in [-0.2, 0) is 0 Å². The van der Waals surface area contributed by atoms with E-state index in [0.717, 1.165) is 0 Å². The molecule has 0 aliphatic carbocycles. The predicted octanol–water partition coefficient (Wildman–Crippen LogP) is 0.640. The van der Waals surface area contributed by atoms with Crippen molar-refractivity contribution in [3.63, 3.8) is 0 Å². The summed E-state index contributed by atoms with van der Waals surface area (Å²) in [6.07, 6.45) is 1.32. The van der Waals surface area contributed by atoms with E-state index >= 15 is 0 Å². The summed E-state index contributed by atoms with van der Waals surface area (Å²) >= 11 is 0. The largest absolute Gasteiger partial charge is 0.350 e. The SMILES string of the molecule is O=Cc1ccc(C=O)[nH]1. The van der Waals surface area contributed by atoms with Crippen LogP contribution < -0.4 is 0 Å². The van der Waals surface area contributed by atoms with Crippen LogP contribution in [0.1, 0.15) is 21.0 Å². The lowest BCUT2D eigenvalue weighted by atomic mass is 10.4. The molecule has 9 heavy (non-hydrogen) atoms. The van der Waals surface area contributed by atoms with Gasteiger partial charge in [0.15, 0.2) is 12.6 Å². The average Bonchev–Trinajstić information content (AvgIpc) is 2.34. The topological polar surface area (TPSA) is 49.9 Å². The van der Waals surface area contributed by atoms with E-state index in [4.69, 9.17) is 0 Å².